The van der Waals surface area contributed by atoms with E-state index in [-0.39, 0.29) is 18.7 Å². The summed E-state index contributed by atoms with van der Waals surface area (Å²) >= 11 is 0. The van der Waals surface area contributed by atoms with Crippen LogP contribution in [0.4, 0.5) is 0 Å². The molecule has 0 atom stereocenters. The molecule has 1 saturated heterocycles. The van der Waals surface area contributed by atoms with Crippen LogP contribution in [-0.2, 0) is 14.3 Å². The number of nitrogens with one attached hydrogen (secondary N) is 1. The van der Waals surface area contributed by atoms with Crippen molar-refractivity contribution in [3.05, 3.63) is 0 Å². The Morgan fingerprint density at radius 2 is 2.06 bits per heavy atom. The molecule has 4 nitrogen and oxygen atoms in total. The zero-order chi connectivity index (χ0) is 12.5. The summed E-state index contributed by atoms with van der Waals surface area (Å²) in [6.07, 6.45) is 4.24. The summed E-state index contributed by atoms with van der Waals surface area (Å²) in [5.41, 5.74) is 0. The van der Waals surface area contributed by atoms with Crippen LogP contribution < -0.4 is 5.32 Å². The average molecular weight is 243 g/mol. The summed E-state index contributed by atoms with van der Waals surface area (Å²) < 4.78 is 10.6. The molecule has 100 valence electrons. The van der Waals surface area contributed by atoms with E-state index in [0.29, 0.717) is 12.5 Å². The third kappa shape index (κ3) is 7.34. The normalized spacial score (nSPS) is 17.4. The minimum Gasteiger partial charge on any atom is -0.464 e. The predicted octanol–water partition coefficient (Wildman–Crippen LogP) is 1.73. The molecule has 0 spiro atoms. The van der Waals surface area contributed by atoms with Crippen molar-refractivity contribution in [2.75, 3.05) is 26.3 Å². The molecular formula is C13H25NO3. The van der Waals surface area contributed by atoms with Gasteiger partial charge in [0.1, 0.15) is 6.61 Å². The standard InChI is InChI=1S/C13H25NO3/c1-11(2)4-3-9-16-13(15)10-17-12-5-7-14-8-6-12/h11-12,14H,3-10H2,1-2H3. The van der Waals surface area contributed by atoms with E-state index in [9.17, 15) is 4.79 Å². The molecule has 1 aliphatic rings. The molecule has 4 heteroatoms. The maximum absolute atomic E-state index is 11.4. The van der Waals surface area contributed by atoms with Gasteiger partial charge in [0, 0.05) is 0 Å². The molecule has 1 fully saturated rings. The number of ether oxygens (including phenoxy) is 2. The van der Waals surface area contributed by atoms with Crippen LogP contribution in [0, 0.1) is 5.92 Å². The number of piperidine rings is 1. The summed E-state index contributed by atoms with van der Waals surface area (Å²) in [6, 6.07) is 0. The molecule has 0 amide bonds. The zero-order valence-corrected chi connectivity index (χ0v) is 11.0. The first-order valence-electron chi connectivity index (χ1n) is 6.66. The molecule has 0 radical (unpaired) electrons. The van der Waals surface area contributed by atoms with Gasteiger partial charge in [-0.25, -0.2) is 4.79 Å². The van der Waals surface area contributed by atoms with Gasteiger partial charge in [-0.2, -0.15) is 0 Å². The molecule has 0 aliphatic carbocycles. The lowest BCUT2D eigenvalue weighted by atomic mass is 10.1. The summed E-state index contributed by atoms with van der Waals surface area (Å²) in [6.45, 7) is 6.92. The van der Waals surface area contributed by atoms with Crippen LogP contribution in [0.5, 0.6) is 0 Å². The summed E-state index contributed by atoms with van der Waals surface area (Å²) in [5.74, 6) is 0.437. The maximum atomic E-state index is 11.4. The lowest BCUT2D eigenvalue weighted by Gasteiger charge is -2.22. The van der Waals surface area contributed by atoms with Crippen LogP contribution in [0.2, 0.25) is 0 Å². The molecule has 0 unspecified atom stereocenters. The van der Waals surface area contributed by atoms with Gasteiger partial charge < -0.3 is 14.8 Å². The average Bonchev–Trinajstić information content (AvgIpc) is 2.33. The van der Waals surface area contributed by atoms with E-state index < -0.39 is 0 Å². The SMILES string of the molecule is CC(C)CCCOC(=O)COC1CCNCC1. The maximum Gasteiger partial charge on any atom is 0.332 e. The molecule has 0 aromatic carbocycles. The smallest absolute Gasteiger partial charge is 0.332 e. The molecule has 0 bridgehead atoms. The van der Waals surface area contributed by atoms with E-state index in [1.807, 2.05) is 0 Å². The monoisotopic (exact) mass is 243 g/mol. The van der Waals surface area contributed by atoms with Gasteiger partial charge in [0.05, 0.1) is 12.7 Å². The number of rotatable bonds is 7. The fraction of sp³-hybridized carbons (Fsp3) is 0.923. The zero-order valence-electron chi connectivity index (χ0n) is 11.0. The highest BCUT2D eigenvalue weighted by atomic mass is 16.6. The summed E-state index contributed by atoms with van der Waals surface area (Å²) in [5, 5.41) is 3.26. The first kappa shape index (κ1) is 14.5. The Balaban J connectivity index is 1.96. The van der Waals surface area contributed by atoms with E-state index >= 15 is 0 Å². The van der Waals surface area contributed by atoms with Gasteiger partial charge in [0.2, 0.25) is 0 Å². The lowest BCUT2D eigenvalue weighted by molar-refractivity contribution is -0.151. The highest BCUT2D eigenvalue weighted by molar-refractivity contribution is 5.70. The van der Waals surface area contributed by atoms with Crippen LogP contribution in [0.3, 0.4) is 0 Å². The second-order valence-corrected chi connectivity index (χ2v) is 5.02. The Morgan fingerprint density at radius 3 is 2.71 bits per heavy atom. The minimum atomic E-state index is -0.229. The number of carbonyl (C=O) groups is 1. The Kier molecular flexibility index (Phi) is 7.21. The molecule has 0 saturated carbocycles. The van der Waals surface area contributed by atoms with E-state index in [2.05, 4.69) is 19.2 Å². The number of hydrogen-bond donors (Lipinski definition) is 1. The van der Waals surface area contributed by atoms with Crippen molar-refractivity contribution >= 4 is 5.97 Å². The third-order valence-electron chi connectivity index (χ3n) is 2.91. The van der Waals surface area contributed by atoms with Crippen LogP contribution in [0.15, 0.2) is 0 Å². The van der Waals surface area contributed by atoms with Gasteiger partial charge in [-0.05, 0) is 44.7 Å². The van der Waals surface area contributed by atoms with Gasteiger partial charge in [0.25, 0.3) is 0 Å². The molecule has 1 aliphatic heterocycles. The highest BCUT2D eigenvalue weighted by Crippen LogP contribution is 2.07. The minimum absolute atomic E-state index is 0.104. The van der Waals surface area contributed by atoms with Crippen LogP contribution in [-0.4, -0.2) is 38.4 Å². The van der Waals surface area contributed by atoms with Gasteiger partial charge in [0.15, 0.2) is 0 Å². The molecule has 1 N–H and O–H groups in total. The van der Waals surface area contributed by atoms with Crippen molar-refractivity contribution in [1.82, 2.24) is 5.32 Å². The largest absolute Gasteiger partial charge is 0.464 e. The van der Waals surface area contributed by atoms with E-state index in [1.54, 1.807) is 0 Å². The molecule has 0 aromatic rings. The topological polar surface area (TPSA) is 47.6 Å². The van der Waals surface area contributed by atoms with Crippen LogP contribution in [0.25, 0.3) is 0 Å². The van der Waals surface area contributed by atoms with E-state index in [4.69, 9.17) is 9.47 Å². The van der Waals surface area contributed by atoms with E-state index in [0.717, 1.165) is 38.8 Å². The Bertz CT molecular complexity index is 213. The number of hydrogen-bond acceptors (Lipinski definition) is 4. The van der Waals surface area contributed by atoms with Crippen molar-refractivity contribution in [2.45, 2.75) is 45.6 Å². The van der Waals surface area contributed by atoms with Crippen LogP contribution >= 0.6 is 0 Å². The first-order valence-corrected chi connectivity index (χ1v) is 6.66. The van der Waals surface area contributed by atoms with Crippen molar-refractivity contribution in [3.8, 4) is 0 Å². The molecular weight excluding hydrogens is 218 g/mol. The van der Waals surface area contributed by atoms with Gasteiger partial charge in [-0.3, -0.25) is 0 Å². The fourth-order valence-electron chi connectivity index (χ4n) is 1.87. The van der Waals surface area contributed by atoms with Gasteiger partial charge in [-0.1, -0.05) is 13.8 Å². The quantitative estimate of drug-likeness (QED) is 0.546. The van der Waals surface area contributed by atoms with Crippen molar-refractivity contribution in [3.63, 3.8) is 0 Å². The van der Waals surface area contributed by atoms with Crippen LogP contribution in [0.1, 0.15) is 39.5 Å². The van der Waals surface area contributed by atoms with E-state index in [1.165, 1.54) is 0 Å². The second-order valence-electron chi connectivity index (χ2n) is 5.02. The molecule has 0 aromatic heterocycles. The van der Waals surface area contributed by atoms with Gasteiger partial charge >= 0.3 is 5.97 Å². The first-order chi connectivity index (χ1) is 8.18. The highest BCUT2D eigenvalue weighted by Gasteiger charge is 2.15. The Morgan fingerprint density at radius 1 is 1.35 bits per heavy atom. The molecule has 1 rings (SSSR count). The second kappa shape index (κ2) is 8.48. The predicted molar refractivity (Wildman–Crippen MR) is 66.9 cm³/mol. The summed E-state index contributed by atoms with van der Waals surface area (Å²) in [7, 11) is 0. The molecule has 17 heavy (non-hydrogen) atoms. The Labute approximate surface area is 104 Å². The third-order valence-corrected chi connectivity index (χ3v) is 2.91. The van der Waals surface area contributed by atoms with Crippen molar-refractivity contribution in [1.29, 1.82) is 0 Å². The lowest BCUT2D eigenvalue weighted by Crippen LogP contribution is -2.33. The number of carbonyl (C=O) groups excluding carboxylic acids is 1. The van der Waals surface area contributed by atoms with Crippen molar-refractivity contribution in [2.24, 2.45) is 5.92 Å². The Hall–Kier alpha value is -0.610. The fourth-order valence-corrected chi connectivity index (χ4v) is 1.87. The van der Waals surface area contributed by atoms with Crippen molar-refractivity contribution < 1.29 is 14.3 Å². The number of esters is 1. The molecule has 1 heterocycles. The van der Waals surface area contributed by atoms with Gasteiger partial charge in [-0.15, -0.1) is 0 Å². The summed E-state index contributed by atoms with van der Waals surface area (Å²) in [4.78, 5) is 11.4.